The Morgan fingerprint density at radius 1 is 0.852 bits per heavy atom. The van der Waals surface area contributed by atoms with Crippen LogP contribution in [0.2, 0.25) is 0 Å². The van der Waals surface area contributed by atoms with Crippen molar-refractivity contribution < 1.29 is 0 Å². The molecule has 136 valence electrons. The maximum absolute atomic E-state index is 4.79. The minimum atomic E-state index is 0.00993. The summed E-state index contributed by atoms with van der Waals surface area (Å²) in [6, 6.07) is 21.6. The van der Waals surface area contributed by atoms with Crippen LogP contribution >= 0.6 is 0 Å². The lowest BCUT2D eigenvalue weighted by atomic mass is 9.79. The average Bonchev–Trinajstić information content (AvgIpc) is 2.66. The first-order chi connectivity index (χ1) is 12.9. The molecule has 0 N–H and O–H groups in total. The summed E-state index contributed by atoms with van der Waals surface area (Å²) in [5.41, 5.74) is 5.90. The maximum Gasteiger partial charge on any atom is 0.0705 e. The summed E-state index contributed by atoms with van der Waals surface area (Å²) in [7, 11) is 0. The van der Waals surface area contributed by atoms with Crippen LogP contribution in [0.5, 0.6) is 0 Å². The van der Waals surface area contributed by atoms with E-state index in [0.717, 1.165) is 23.1 Å². The van der Waals surface area contributed by atoms with E-state index in [2.05, 4.69) is 87.3 Å². The Kier molecular flexibility index (Phi) is 4.43. The Balaban J connectivity index is 1.65. The van der Waals surface area contributed by atoms with Crippen molar-refractivity contribution in [2.24, 2.45) is 0 Å². The maximum atomic E-state index is 4.79. The Labute approximate surface area is 161 Å². The van der Waals surface area contributed by atoms with E-state index in [4.69, 9.17) is 4.98 Å². The zero-order valence-corrected chi connectivity index (χ0v) is 16.5. The highest BCUT2D eigenvalue weighted by Gasteiger charge is 2.22. The molecule has 0 saturated carbocycles. The average molecular weight is 354 g/mol. The van der Waals surface area contributed by atoms with Gasteiger partial charge in [-0.15, -0.1) is 0 Å². The number of pyridine rings is 2. The van der Waals surface area contributed by atoms with Gasteiger partial charge in [0.15, 0.2) is 0 Å². The topological polar surface area (TPSA) is 25.8 Å². The molecule has 2 heterocycles. The highest BCUT2D eigenvalue weighted by molar-refractivity contribution is 5.80. The minimum Gasteiger partial charge on any atom is -0.256 e. The van der Waals surface area contributed by atoms with Gasteiger partial charge in [0, 0.05) is 22.7 Å². The van der Waals surface area contributed by atoms with Crippen LogP contribution in [0.15, 0.2) is 66.9 Å². The second-order valence-electron chi connectivity index (χ2n) is 8.40. The summed E-state index contributed by atoms with van der Waals surface area (Å²) < 4.78 is 0. The second kappa shape index (κ2) is 6.77. The molecule has 0 bridgehead atoms. The largest absolute Gasteiger partial charge is 0.256 e. The van der Waals surface area contributed by atoms with Crippen molar-refractivity contribution in [2.45, 2.75) is 45.4 Å². The first kappa shape index (κ1) is 17.7. The van der Waals surface area contributed by atoms with Gasteiger partial charge in [0.1, 0.15) is 0 Å². The number of hydrogen-bond donors (Lipinski definition) is 0. The summed E-state index contributed by atoms with van der Waals surface area (Å²) in [6.45, 7) is 8.96. The lowest BCUT2D eigenvalue weighted by Crippen LogP contribution is -2.20. The molecule has 27 heavy (non-hydrogen) atoms. The zero-order chi connectivity index (χ0) is 19.0. The van der Waals surface area contributed by atoms with E-state index in [0.29, 0.717) is 5.92 Å². The lowest BCUT2D eigenvalue weighted by molar-refractivity contribution is 0.521. The fraction of sp³-hybridized carbons (Fsp3) is 0.280. The number of fused-ring (bicyclic) bond motifs is 2. The summed E-state index contributed by atoms with van der Waals surface area (Å²) in [5, 5.41) is 2.41. The number of para-hydroxylation sites is 1. The number of aromatic nitrogens is 2. The van der Waals surface area contributed by atoms with Crippen molar-refractivity contribution in [1.29, 1.82) is 0 Å². The fourth-order valence-electron chi connectivity index (χ4n) is 3.68. The van der Waals surface area contributed by atoms with Gasteiger partial charge in [-0.25, -0.2) is 0 Å². The molecule has 0 saturated heterocycles. The zero-order valence-electron chi connectivity index (χ0n) is 16.5. The molecule has 0 aliphatic rings. The number of rotatable bonds is 4. The summed E-state index contributed by atoms with van der Waals surface area (Å²) >= 11 is 0. The molecule has 2 aromatic heterocycles. The van der Waals surface area contributed by atoms with Crippen molar-refractivity contribution in [3.05, 3.63) is 83.7 Å². The molecule has 0 radical (unpaired) electrons. The number of benzene rings is 2. The molecule has 2 heteroatoms. The molecule has 0 atom stereocenters. The van der Waals surface area contributed by atoms with E-state index in [9.17, 15) is 0 Å². The van der Waals surface area contributed by atoms with Crippen LogP contribution in [0.3, 0.4) is 0 Å². The molecule has 4 rings (SSSR count). The van der Waals surface area contributed by atoms with E-state index in [1.165, 1.54) is 21.9 Å². The molecular weight excluding hydrogens is 328 g/mol. The molecule has 0 fully saturated rings. The molecule has 2 aromatic carbocycles. The first-order valence-electron chi connectivity index (χ1n) is 9.67. The molecule has 2 nitrogen and oxygen atoms in total. The predicted molar refractivity (Wildman–Crippen MR) is 114 cm³/mol. The van der Waals surface area contributed by atoms with Crippen LogP contribution in [0.1, 0.15) is 50.4 Å². The quantitative estimate of drug-likeness (QED) is 0.422. The van der Waals surface area contributed by atoms with Crippen molar-refractivity contribution in [3.63, 3.8) is 0 Å². The van der Waals surface area contributed by atoms with Gasteiger partial charge in [-0.3, -0.25) is 9.97 Å². The normalized spacial score (nSPS) is 12.2. The van der Waals surface area contributed by atoms with E-state index < -0.39 is 0 Å². The smallest absolute Gasteiger partial charge is 0.0705 e. The number of nitrogens with zero attached hydrogens (tertiary/aromatic N) is 2. The number of hydrogen-bond acceptors (Lipinski definition) is 2. The fourth-order valence-corrected chi connectivity index (χ4v) is 3.68. The standard InChI is InChI=1S/C25H26N2/c1-17(2)22-12-10-20-13-18(9-11-24(20)27-22)15-25(3,4)21-14-19-7-5-6-8-23(19)26-16-21/h5-14,16-17H,15H2,1-4H3. The highest BCUT2D eigenvalue weighted by Crippen LogP contribution is 2.30. The van der Waals surface area contributed by atoms with Crippen LogP contribution in [-0.2, 0) is 11.8 Å². The lowest BCUT2D eigenvalue weighted by Gasteiger charge is -2.25. The van der Waals surface area contributed by atoms with Gasteiger partial charge in [0.2, 0.25) is 0 Å². The first-order valence-corrected chi connectivity index (χ1v) is 9.67. The molecule has 4 aromatic rings. The van der Waals surface area contributed by atoms with Gasteiger partial charge < -0.3 is 0 Å². The van der Waals surface area contributed by atoms with E-state index in [1.807, 2.05) is 12.3 Å². The second-order valence-corrected chi connectivity index (χ2v) is 8.40. The molecule has 0 aliphatic carbocycles. The molecular formula is C25H26N2. The van der Waals surface area contributed by atoms with Crippen LogP contribution in [0.25, 0.3) is 21.8 Å². The minimum absolute atomic E-state index is 0.00993. The van der Waals surface area contributed by atoms with Crippen LogP contribution in [0.4, 0.5) is 0 Å². The Hall–Kier alpha value is -2.74. The third-order valence-corrected chi connectivity index (χ3v) is 5.38. The van der Waals surface area contributed by atoms with Gasteiger partial charge in [0.25, 0.3) is 0 Å². The Bertz CT molecular complexity index is 1110. The molecule has 0 spiro atoms. The van der Waals surface area contributed by atoms with Crippen LogP contribution < -0.4 is 0 Å². The third-order valence-electron chi connectivity index (χ3n) is 5.38. The van der Waals surface area contributed by atoms with Crippen molar-refractivity contribution in [3.8, 4) is 0 Å². The molecule has 0 unspecified atom stereocenters. The van der Waals surface area contributed by atoms with Gasteiger partial charge in [-0.05, 0) is 59.2 Å². The van der Waals surface area contributed by atoms with Crippen molar-refractivity contribution in [1.82, 2.24) is 9.97 Å². The monoisotopic (exact) mass is 354 g/mol. The van der Waals surface area contributed by atoms with Crippen LogP contribution in [0, 0.1) is 0 Å². The molecule has 0 aliphatic heterocycles. The van der Waals surface area contributed by atoms with E-state index in [-0.39, 0.29) is 5.41 Å². The van der Waals surface area contributed by atoms with Gasteiger partial charge in [0.05, 0.1) is 11.0 Å². The van der Waals surface area contributed by atoms with Crippen LogP contribution in [-0.4, -0.2) is 9.97 Å². The third kappa shape index (κ3) is 3.57. The Morgan fingerprint density at radius 2 is 1.63 bits per heavy atom. The summed E-state index contributed by atoms with van der Waals surface area (Å²) in [4.78, 5) is 9.45. The SMILES string of the molecule is CC(C)c1ccc2cc(CC(C)(C)c3cnc4ccccc4c3)ccc2n1. The summed E-state index contributed by atoms with van der Waals surface area (Å²) in [6.07, 6.45) is 2.99. The van der Waals surface area contributed by atoms with E-state index in [1.54, 1.807) is 0 Å². The Morgan fingerprint density at radius 3 is 2.44 bits per heavy atom. The van der Waals surface area contributed by atoms with Crippen molar-refractivity contribution >= 4 is 21.8 Å². The summed E-state index contributed by atoms with van der Waals surface area (Å²) in [5.74, 6) is 0.452. The van der Waals surface area contributed by atoms with Gasteiger partial charge >= 0.3 is 0 Å². The van der Waals surface area contributed by atoms with Gasteiger partial charge in [-0.2, -0.15) is 0 Å². The molecule has 0 amide bonds. The van der Waals surface area contributed by atoms with Gasteiger partial charge in [-0.1, -0.05) is 58.0 Å². The predicted octanol–water partition coefficient (Wildman–Crippen LogP) is 6.43. The highest BCUT2D eigenvalue weighted by atomic mass is 14.7. The van der Waals surface area contributed by atoms with Crippen molar-refractivity contribution in [2.75, 3.05) is 0 Å². The van der Waals surface area contributed by atoms with E-state index >= 15 is 0 Å².